The lowest BCUT2D eigenvalue weighted by Gasteiger charge is -2.19. The third-order valence-corrected chi connectivity index (χ3v) is 4.30. The molecule has 2 aromatic rings. The summed E-state index contributed by atoms with van der Waals surface area (Å²) in [6.45, 7) is 1.82. The van der Waals surface area contributed by atoms with Crippen LogP contribution in [0.15, 0.2) is 42.5 Å². The van der Waals surface area contributed by atoms with Gasteiger partial charge in [0.05, 0.1) is 19.1 Å². The smallest absolute Gasteiger partial charge is 0.238 e. The van der Waals surface area contributed by atoms with E-state index in [1.54, 1.807) is 36.2 Å². The number of hydrogen-bond acceptors (Lipinski definition) is 3. The van der Waals surface area contributed by atoms with E-state index in [0.717, 1.165) is 5.56 Å². The Bertz CT molecular complexity index is 832. The number of likely N-dealkylation sites (N-methyl/N-ethyl adjacent to an activating group) is 1. The van der Waals surface area contributed by atoms with Gasteiger partial charge in [-0.3, -0.25) is 14.5 Å². The van der Waals surface area contributed by atoms with Gasteiger partial charge in [0.1, 0.15) is 5.82 Å². The summed E-state index contributed by atoms with van der Waals surface area (Å²) in [4.78, 5) is 25.8. The number of benzene rings is 2. The highest BCUT2D eigenvalue weighted by Crippen LogP contribution is 2.26. The van der Waals surface area contributed by atoms with Crippen molar-refractivity contribution in [1.29, 1.82) is 0 Å². The molecule has 5 nitrogen and oxygen atoms in total. The van der Waals surface area contributed by atoms with Gasteiger partial charge >= 0.3 is 0 Å². The molecule has 2 amide bonds. The molecule has 144 valence electrons. The Kier molecular flexibility index (Phi) is 7.59. The van der Waals surface area contributed by atoms with Crippen molar-refractivity contribution in [3.05, 3.63) is 63.9 Å². The molecule has 0 bridgehead atoms. The van der Waals surface area contributed by atoms with Crippen LogP contribution in [0.25, 0.3) is 0 Å². The van der Waals surface area contributed by atoms with Gasteiger partial charge < -0.3 is 10.6 Å². The summed E-state index contributed by atoms with van der Waals surface area (Å²) in [7, 11) is 1.64. The fourth-order valence-electron chi connectivity index (χ4n) is 2.53. The predicted octanol–water partition coefficient (Wildman–Crippen LogP) is 3.88. The van der Waals surface area contributed by atoms with Crippen LogP contribution in [-0.2, 0) is 9.59 Å². The van der Waals surface area contributed by atoms with E-state index in [4.69, 9.17) is 23.2 Å². The third kappa shape index (κ3) is 6.82. The molecule has 0 aromatic heterocycles. The summed E-state index contributed by atoms with van der Waals surface area (Å²) in [6, 6.07) is 10.4. The van der Waals surface area contributed by atoms with Gasteiger partial charge in [-0.1, -0.05) is 35.3 Å². The van der Waals surface area contributed by atoms with E-state index >= 15 is 0 Å². The van der Waals surface area contributed by atoms with Crippen LogP contribution in [0.4, 0.5) is 10.1 Å². The Balaban J connectivity index is 1.83. The second-order valence-corrected chi connectivity index (χ2v) is 7.03. The molecular weight excluding hydrogens is 392 g/mol. The van der Waals surface area contributed by atoms with Crippen molar-refractivity contribution < 1.29 is 14.0 Å². The topological polar surface area (TPSA) is 61.4 Å². The molecule has 0 unspecified atom stereocenters. The van der Waals surface area contributed by atoms with E-state index in [1.807, 2.05) is 6.92 Å². The summed E-state index contributed by atoms with van der Waals surface area (Å²) < 4.78 is 13.1. The fourth-order valence-corrected chi connectivity index (χ4v) is 3.10. The van der Waals surface area contributed by atoms with Gasteiger partial charge in [0, 0.05) is 15.7 Å². The number of rotatable bonds is 7. The third-order valence-electron chi connectivity index (χ3n) is 3.74. The van der Waals surface area contributed by atoms with Crippen molar-refractivity contribution in [1.82, 2.24) is 10.2 Å². The fraction of sp³-hybridized carbons (Fsp3) is 0.263. The van der Waals surface area contributed by atoms with E-state index < -0.39 is 5.82 Å². The largest absolute Gasteiger partial charge is 0.348 e. The Labute approximate surface area is 167 Å². The zero-order chi connectivity index (χ0) is 20.0. The predicted molar refractivity (Wildman–Crippen MR) is 106 cm³/mol. The molecule has 0 fully saturated rings. The SMILES string of the molecule is C[C@@H](NC(=O)CN(C)CC(=O)Nc1cccc(F)c1)c1ccc(Cl)cc1Cl. The highest BCUT2D eigenvalue weighted by Gasteiger charge is 2.16. The molecule has 0 saturated heterocycles. The van der Waals surface area contributed by atoms with Gasteiger partial charge in [-0.05, 0) is 49.9 Å². The minimum absolute atomic E-state index is 0.0139. The Morgan fingerprint density at radius 2 is 1.81 bits per heavy atom. The molecule has 0 aliphatic heterocycles. The molecule has 8 heteroatoms. The van der Waals surface area contributed by atoms with Crippen LogP contribution < -0.4 is 10.6 Å². The van der Waals surface area contributed by atoms with E-state index in [2.05, 4.69) is 10.6 Å². The molecule has 0 spiro atoms. The molecule has 2 aromatic carbocycles. The molecule has 0 radical (unpaired) electrons. The normalized spacial score (nSPS) is 11.9. The lowest BCUT2D eigenvalue weighted by molar-refractivity contribution is -0.123. The molecule has 0 saturated carbocycles. The van der Waals surface area contributed by atoms with Crippen LogP contribution in [-0.4, -0.2) is 36.9 Å². The number of halogens is 3. The summed E-state index contributed by atoms with van der Waals surface area (Å²) in [5.41, 5.74) is 1.12. The van der Waals surface area contributed by atoms with Gasteiger partial charge in [0.2, 0.25) is 11.8 Å². The highest BCUT2D eigenvalue weighted by molar-refractivity contribution is 6.35. The first kappa shape index (κ1) is 21.2. The lowest BCUT2D eigenvalue weighted by atomic mass is 10.1. The molecular formula is C19H20Cl2FN3O2. The first-order chi connectivity index (χ1) is 12.7. The van der Waals surface area contributed by atoms with Crippen molar-refractivity contribution >= 4 is 40.7 Å². The van der Waals surface area contributed by atoms with Gasteiger partial charge in [0.15, 0.2) is 0 Å². The molecule has 2 N–H and O–H groups in total. The zero-order valence-electron chi connectivity index (χ0n) is 14.9. The molecule has 0 aliphatic rings. The van der Waals surface area contributed by atoms with Crippen molar-refractivity contribution in [2.45, 2.75) is 13.0 Å². The van der Waals surface area contributed by atoms with E-state index in [9.17, 15) is 14.0 Å². The molecule has 1 atom stereocenters. The summed E-state index contributed by atoms with van der Waals surface area (Å²) in [6.07, 6.45) is 0. The highest BCUT2D eigenvalue weighted by atomic mass is 35.5. The van der Waals surface area contributed by atoms with Gasteiger partial charge in [-0.15, -0.1) is 0 Å². The average molecular weight is 412 g/mol. The second kappa shape index (κ2) is 9.69. The standard InChI is InChI=1S/C19H20Cl2FN3O2/c1-12(16-7-6-13(20)8-17(16)21)23-18(26)10-25(2)11-19(27)24-15-5-3-4-14(22)9-15/h3-9,12H,10-11H2,1-2H3,(H,23,26)(H,24,27)/t12-/m1/s1. The van der Waals surface area contributed by atoms with Gasteiger partial charge in [-0.25, -0.2) is 4.39 Å². The summed E-state index contributed by atoms with van der Waals surface area (Å²) >= 11 is 12.0. The number of hydrogen-bond donors (Lipinski definition) is 2. The number of nitrogens with one attached hydrogen (secondary N) is 2. The van der Waals surface area contributed by atoms with Crippen molar-refractivity contribution in [2.75, 3.05) is 25.5 Å². The average Bonchev–Trinajstić information content (AvgIpc) is 2.53. The quantitative estimate of drug-likeness (QED) is 0.726. The van der Waals surface area contributed by atoms with E-state index in [-0.39, 0.29) is 30.9 Å². The van der Waals surface area contributed by atoms with Crippen LogP contribution in [0.5, 0.6) is 0 Å². The molecule has 0 heterocycles. The Morgan fingerprint density at radius 3 is 2.48 bits per heavy atom. The van der Waals surface area contributed by atoms with Crippen molar-refractivity contribution in [3.63, 3.8) is 0 Å². The van der Waals surface area contributed by atoms with Gasteiger partial charge in [0.25, 0.3) is 0 Å². The monoisotopic (exact) mass is 411 g/mol. The number of nitrogens with zero attached hydrogens (tertiary/aromatic N) is 1. The minimum Gasteiger partial charge on any atom is -0.348 e. The van der Waals surface area contributed by atoms with Crippen LogP contribution >= 0.6 is 23.2 Å². The number of carbonyl (C=O) groups is 2. The second-order valence-electron chi connectivity index (χ2n) is 6.19. The van der Waals surface area contributed by atoms with Crippen LogP contribution in [0.3, 0.4) is 0 Å². The Hall–Kier alpha value is -2.15. The Morgan fingerprint density at radius 1 is 1.11 bits per heavy atom. The maximum atomic E-state index is 13.1. The first-order valence-electron chi connectivity index (χ1n) is 8.23. The van der Waals surface area contributed by atoms with Crippen LogP contribution in [0.1, 0.15) is 18.5 Å². The van der Waals surface area contributed by atoms with Crippen molar-refractivity contribution in [2.24, 2.45) is 0 Å². The zero-order valence-corrected chi connectivity index (χ0v) is 16.4. The maximum Gasteiger partial charge on any atom is 0.238 e. The van der Waals surface area contributed by atoms with Crippen LogP contribution in [0.2, 0.25) is 10.0 Å². The summed E-state index contributed by atoms with van der Waals surface area (Å²) in [5, 5.41) is 6.40. The maximum absolute atomic E-state index is 13.1. The number of amides is 2. The van der Waals surface area contributed by atoms with Crippen LogP contribution in [0, 0.1) is 5.82 Å². The summed E-state index contributed by atoms with van der Waals surface area (Å²) in [5.74, 6) is -1.03. The minimum atomic E-state index is -0.435. The molecule has 0 aliphatic carbocycles. The van der Waals surface area contributed by atoms with E-state index in [0.29, 0.717) is 15.7 Å². The number of anilines is 1. The lowest BCUT2D eigenvalue weighted by Crippen LogP contribution is -2.39. The van der Waals surface area contributed by atoms with E-state index in [1.165, 1.54) is 18.2 Å². The van der Waals surface area contributed by atoms with Gasteiger partial charge in [-0.2, -0.15) is 0 Å². The number of carbonyl (C=O) groups excluding carboxylic acids is 2. The molecule has 2 rings (SSSR count). The van der Waals surface area contributed by atoms with Crippen molar-refractivity contribution in [3.8, 4) is 0 Å². The molecule has 27 heavy (non-hydrogen) atoms. The first-order valence-corrected chi connectivity index (χ1v) is 8.98.